The van der Waals surface area contributed by atoms with E-state index in [1.54, 1.807) is 24.3 Å². The average molecular weight is 455 g/mol. The van der Waals surface area contributed by atoms with Crippen LogP contribution >= 0.6 is 0 Å². The summed E-state index contributed by atoms with van der Waals surface area (Å²) in [5, 5.41) is 16.1. The van der Waals surface area contributed by atoms with Gasteiger partial charge in [-0.05, 0) is 42.5 Å². The fourth-order valence-electron chi connectivity index (χ4n) is 3.60. The van der Waals surface area contributed by atoms with Gasteiger partial charge in [0.05, 0.1) is 20.3 Å². The molecule has 2 amide bonds. The Morgan fingerprint density at radius 3 is 2.39 bits per heavy atom. The minimum atomic E-state index is -1.55. The molecular formula is C25H30N2O6. The summed E-state index contributed by atoms with van der Waals surface area (Å²) in [7, 11) is 2.69. The van der Waals surface area contributed by atoms with Crippen molar-refractivity contribution in [3.63, 3.8) is 0 Å². The third kappa shape index (κ3) is 7.05. The van der Waals surface area contributed by atoms with Gasteiger partial charge in [0.25, 0.3) is 5.91 Å². The van der Waals surface area contributed by atoms with E-state index in [0.717, 1.165) is 18.4 Å². The third-order valence-electron chi connectivity index (χ3n) is 5.67. The summed E-state index contributed by atoms with van der Waals surface area (Å²) in [5.74, 6) is -0.806. The minimum absolute atomic E-state index is 0.225. The lowest BCUT2D eigenvalue weighted by molar-refractivity contribution is -0.152. The number of methoxy groups -OCH3 is 2. The molecule has 3 N–H and O–H groups in total. The average Bonchev–Trinajstić information content (AvgIpc) is 3.67. The molecule has 0 aliphatic heterocycles. The summed E-state index contributed by atoms with van der Waals surface area (Å²) >= 11 is 0. The van der Waals surface area contributed by atoms with E-state index < -0.39 is 36.0 Å². The molecule has 8 heteroatoms. The molecule has 1 saturated carbocycles. The topological polar surface area (TPSA) is 114 Å². The van der Waals surface area contributed by atoms with Crippen LogP contribution in [0.3, 0.4) is 0 Å². The largest absolute Gasteiger partial charge is 0.497 e. The van der Waals surface area contributed by atoms with Crippen LogP contribution in [0.1, 0.15) is 35.2 Å². The zero-order valence-electron chi connectivity index (χ0n) is 18.8. The van der Waals surface area contributed by atoms with Crippen molar-refractivity contribution in [1.29, 1.82) is 0 Å². The Morgan fingerprint density at radius 1 is 1.03 bits per heavy atom. The molecule has 1 aliphatic rings. The van der Waals surface area contributed by atoms with Crippen molar-refractivity contribution in [2.75, 3.05) is 14.2 Å². The first-order valence-electron chi connectivity index (χ1n) is 11.0. The van der Waals surface area contributed by atoms with Crippen molar-refractivity contribution in [2.45, 2.75) is 43.9 Å². The molecular weight excluding hydrogens is 424 g/mol. The molecule has 0 heterocycles. The quantitative estimate of drug-likeness (QED) is 0.447. The lowest BCUT2D eigenvalue weighted by Gasteiger charge is -2.26. The lowest BCUT2D eigenvalue weighted by atomic mass is 10.00. The van der Waals surface area contributed by atoms with E-state index in [4.69, 9.17) is 4.74 Å². The highest BCUT2D eigenvalue weighted by atomic mass is 16.5. The standard InChI is InChI=1S/C25H30N2O6/c1-32-19-10-6-9-18(15-19)23(29)27-21(14-17-11-12-17)24(30)26-20(22(28)25(31)33-2)13-16-7-4-3-5-8-16/h3-10,15,17,20-22,28H,11-14H2,1-2H3,(H,26,30)(H,27,29). The summed E-state index contributed by atoms with van der Waals surface area (Å²) < 4.78 is 9.84. The zero-order valence-corrected chi connectivity index (χ0v) is 18.8. The Bertz CT molecular complexity index is 960. The molecule has 3 rings (SSSR count). The number of amides is 2. The molecule has 3 unspecified atom stereocenters. The third-order valence-corrected chi connectivity index (χ3v) is 5.67. The van der Waals surface area contributed by atoms with Crippen LogP contribution in [0.25, 0.3) is 0 Å². The van der Waals surface area contributed by atoms with E-state index in [2.05, 4.69) is 15.4 Å². The van der Waals surface area contributed by atoms with E-state index in [1.807, 2.05) is 30.3 Å². The van der Waals surface area contributed by atoms with Crippen LogP contribution in [0.2, 0.25) is 0 Å². The van der Waals surface area contributed by atoms with Crippen molar-refractivity contribution in [3.8, 4) is 5.75 Å². The van der Waals surface area contributed by atoms with E-state index in [0.29, 0.717) is 23.7 Å². The van der Waals surface area contributed by atoms with Crippen molar-refractivity contribution in [3.05, 3.63) is 65.7 Å². The Kier molecular flexibility index (Phi) is 8.43. The lowest BCUT2D eigenvalue weighted by Crippen LogP contribution is -2.55. The van der Waals surface area contributed by atoms with Crippen molar-refractivity contribution < 1.29 is 29.0 Å². The van der Waals surface area contributed by atoms with Crippen molar-refractivity contribution in [1.82, 2.24) is 10.6 Å². The van der Waals surface area contributed by atoms with Crippen LogP contribution in [0.15, 0.2) is 54.6 Å². The summed E-state index contributed by atoms with van der Waals surface area (Å²) in [5.41, 5.74) is 1.21. The van der Waals surface area contributed by atoms with Crippen LogP contribution < -0.4 is 15.4 Å². The van der Waals surface area contributed by atoms with Crippen LogP contribution in [0.4, 0.5) is 0 Å². The van der Waals surface area contributed by atoms with Crippen LogP contribution in [-0.2, 0) is 20.7 Å². The molecule has 8 nitrogen and oxygen atoms in total. The number of rotatable bonds is 11. The molecule has 2 aromatic rings. The molecule has 176 valence electrons. The predicted molar refractivity (Wildman–Crippen MR) is 122 cm³/mol. The normalized spacial score (nSPS) is 15.6. The van der Waals surface area contributed by atoms with Gasteiger partial charge in [-0.1, -0.05) is 49.2 Å². The van der Waals surface area contributed by atoms with E-state index in [1.165, 1.54) is 14.2 Å². The molecule has 33 heavy (non-hydrogen) atoms. The van der Waals surface area contributed by atoms with Crippen LogP contribution in [-0.4, -0.2) is 55.3 Å². The maximum atomic E-state index is 13.2. The Labute approximate surface area is 193 Å². The summed E-state index contributed by atoms with van der Waals surface area (Å²) in [6, 6.07) is 14.2. The molecule has 3 atom stereocenters. The summed E-state index contributed by atoms with van der Waals surface area (Å²) in [6.45, 7) is 0. The molecule has 0 radical (unpaired) electrons. The van der Waals surface area contributed by atoms with Crippen LogP contribution in [0, 0.1) is 5.92 Å². The molecule has 0 bridgehead atoms. The highest BCUT2D eigenvalue weighted by Gasteiger charge is 2.34. The van der Waals surface area contributed by atoms with E-state index >= 15 is 0 Å². The predicted octanol–water partition coefficient (Wildman–Crippen LogP) is 1.86. The number of aliphatic hydroxyl groups is 1. The second-order valence-electron chi connectivity index (χ2n) is 8.21. The smallest absolute Gasteiger partial charge is 0.336 e. The number of esters is 1. The Morgan fingerprint density at radius 2 is 1.76 bits per heavy atom. The van der Waals surface area contributed by atoms with Crippen molar-refractivity contribution in [2.24, 2.45) is 5.92 Å². The fourth-order valence-corrected chi connectivity index (χ4v) is 3.60. The number of hydrogen-bond donors (Lipinski definition) is 3. The van der Waals surface area contributed by atoms with E-state index in [9.17, 15) is 19.5 Å². The molecule has 1 fully saturated rings. The maximum absolute atomic E-state index is 13.2. The van der Waals surface area contributed by atoms with Crippen LogP contribution in [0.5, 0.6) is 5.75 Å². The van der Waals surface area contributed by atoms with Gasteiger partial charge in [-0.15, -0.1) is 0 Å². The number of carbonyl (C=O) groups excluding carboxylic acids is 3. The van der Waals surface area contributed by atoms with Gasteiger partial charge in [0.1, 0.15) is 11.8 Å². The fraction of sp³-hybridized carbons (Fsp3) is 0.400. The van der Waals surface area contributed by atoms with Gasteiger partial charge in [0, 0.05) is 5.56 Å². The van der Waals surface area contributed by atoms with Gasteiger partial charge in [0.2, 0.25) is 5.91 Å². The molecule has 0 saturated heterocycles. The number of ether oxygens (including phenoxy) is 2. The second kappa shape index (κ2) is 11.5. The summed E-state index contributed by atoms with van der Waals surface area (Å²) in [4.78, 5) is 38.0. The minimum Gasteiger partial charge on any atom is -0.497 e. The number of aliphatic hydroxyl groups excluding tert-OH is 1. The molecule has 0 aromatic heterocycles. The first-order chi connectivity index (χ1) is 15.9. The monoisotopic (exact) mass is 454 g/mol. The molecule has 0 spiro atoms. The number of benzene rings is 2. The first-order valence-corrected chi connectivity index (χ1v) is 11.0. The highest BCUT2D eigenvalue weighted by molar-refractivity contribution is 5.98. The van der Waals surface area contributed by atoms with Gasteiger partial charge < -0.3 is 25.2 Å². The molecule has 2 aromatic carbocycles. The highest BCUT2D eigenvalue weighted by Crippen LogP contribution is 2.33. The van der Waals surface area contributed by atoms with Gasteiger partial charge in [0.15, 0.2) is 6.10 Å². The zero-order chi connectivity index (χ0) is 23.8. The summed E-state index contributed by atoms with van der Waals surface area (Å²) in [6.07, 6.45) is 1.15. The van der Waals surface area contributed by atoms with E-state index in [-0.39, 0.29) is 6.42 Å². The van der Waals surface area contributed by atoms with Crippen molar-refractivity contribution >= 4 is 17.8 Å². The number of nitrogens with one attached hydrogen (secondary N) is 2. The molecule has 1 aliphatic carbocycles. The number of carbonyl (C=O) groups is 3. The SMILES string of the molecule is COC(=O)C(O)C(Cc1ccccc1)NC(=O)C(CC1CC1)NC(=O)c1cccc(OC)c1. The Balaban J connectivity index is 1.75. The van der Waals surface area contributed by atoms with Gasteiger partial charge in [-0.2, -0.15) is 0 Å². The second-order valence-corrected chi connectivity index (χ2v) is 8.21. The van der Waals surface area contributed by atoms with Gasteiger partial charge in [-0.3, -0.25) is 9.59 Å². The first kappa shape index (κ1) is 24.3. The van der Waals surface area contributed by atoms with Gasteiger partial charge in [-0.25, -0.2) is 4.79 Å². The van der Waals surface area contributed by atoms with Gasteiger partial charge >= 0.3 is 5.97 Å². The maximum Gasteiger partial charge on any atom is 0.336 e. The Hall–Kier alpha value is -3.39. The number of hydrogen-bond acceptors (Lipinski definition) is 6.